The Hall–Kier alpha value is -1.06. The van der Waals surface area contributed by atoms with Crippen LogP contribution < -0.4 is 4.74 Å². The summed E-state index contributed by atoms with van der Waals surface area (Å²) in [6.45, 7) is 3.55. The van der Waals surface area contributed by atoms with Crippen LogP contribution >= 0.6 is 0 Å². The Kier molecular flexibility index (Phi) is 3.99. The van der Waals surface area contributed by atoms with Gasteiger partial charge in [0.25, 0.3) is 0 Å². The molecule has 0 spiro atoms. The lowest BCUT2D eigenvalue weighted by Crippen LogP contribution is -2.39. The molecule has 1 N–H and O–H groups in total. The highest BCUT2D eigenvalue weighted by atomic mass is 16.5. The standard InChI is InChI=1S/C17H24O3/c1-2-5-14-12-17(18,9-11-19-14)15-8-3-6-13-7-4-10-20-16(13)15/h3,6,8,14,18H,2,4-5,7,9-12H2,1H3. The highest BCUT2D eigenvalue weighted by Gasteiger charge is 2.39. The molecule has 0 saturated carbocycles. The van der Waals surface area contributed by atoms with Gasteiger partial charge in [-0.1, -0.05) is 31.5 Å². The minimum atomic E-state index is -0.791. The third-order valence-corrected chi connectivity index (χ3v) is 4.48. The molecule has 0 bridgehead atoms. The van der Waals surface area contributed by atoms with Gasteiger partial charge in [-0.3, -0.25) is 0 Å². The summed E-state index contributed by atoms with van der Waals surface area (Å²) in [5.41, 5.74) is 1.42. The van der Waals surface area contributed by atoms with Gasteiger partial charge in [0.2, 0.25) is 0 Å². The van der Waals surface area contributed by atoms with Crippen molar-refractivity contribution in [1.82, 2.24) is 0 Å². The zero-order chi connectivity index (χ0) is 14.0. The van der Waals surface area contributed by atoms with Gasteiger partial charge in [-0.05, 0) is 24.8 Å². The van der Waals surface area contributed by atoms with E-state index in [1.54, 1.807) is 0 Å². The molecule has 2 unspecified atom stereocenters. The molecular formula is C17H24O3. The minimum absolute atomic E-state index is 0.165. The van der Waals surface area contributed by atoms with Crippen LogP contribution in [0.15, 0.2) is 18.2 Å². The van der Waals surface area contributed by atoms with Crippen LogP contribution in [0.5, 0.6) is 5.75 Å². The van der Waals surface area contributed by atoms with Crippen LogP contribution in [-0.4, -0.2) is 24.4 Å². The van der Waals surface area contributed by atoms with E-state index in [0.29, 0.717) is 19.4 Å². The second kappa shape index (κ2) is 5.74. The molecule has 110 valence electrons. The van der Waals surface area contributed by atoms with Crippen molar-refractivity contribution < 1.29 is 14.6 Å². The van der Waals surface area contributed by atoms with Gasteiger partial charge in [0.05, 0.1) is 24.9 Å². The van der Waals surface area contributed by atoms with E-state index >= 15 is 0 Å². The Morgan fingerprint density at radius 3 is 3.10 bits per heavy atom. The molecule has 2 aliphatic rings. The summed E-state index contributed by atoms with van der Waals surface area (Å²) in [6.07, 6.45) is 5.72. The summed E-state index contributed by atoms with van der Waals surface area (Å²) in [4.78, 5) is 0. The largest absolute Gasteiger partial charge is 0.493 e. The number of aliphatic hydroxyl groups is 1. The normalized spacial score (nSPS) is 29.6. The van der Waals surface area contributed by atoms with Crippen molar-refractivity contribution in [3.8, 4) is 5.75 Å². The lowest BCUT2D eigenvalue weighted by molar-refractivity contribution is -0.111. The quantitative estimate of drug-likeness (QED) is 0.921. The Bertz CT molecular complexity index is 469. The van der Waals surface area contributed by atoms with Crippen LogP contribution in [0.4, 0.5) is 0 Å². The van der Waals surface area contributed by atoms with E-state index < -0.39 is 5.60 Å². The molecule has 2 aliphatic heterocycles. The summed E-state index contributed by atoms with van der Waals surface area (Å²) < 4.78 is 11.6. The number of benzene rings is 1. The van der Waals surface area contributed by atoms with Crippen LogP contribution in [0.3, 0.4) is 0 Å². The Morgan fingerprint density at radius 1 is 1.35 bits per heavy atom. The molecule has 20 heavy (non-hydrogen) atoms. The summed E-state index contributed by atoms with van der Waals surface area (Å²) in [7, 11) is 0. The van der Waals surface area contributed by atoms with Crippen LogP contribution in [-0.2, 0) is 16.8 Å². The van der Waals surface area contributed by atoms with Gasteiger partial charge in [-0.2, -0.15) is 0 Å². The number of ether oxygens (including phenoxy) is 2. The van der Waals surface area contributed by atoms with Crippen molar-refractivity contribution in [3.05, 3.63) is 29.3 Å². The minimum Gasteiger partial charge on any atom is -0.493 e. The molecule has 3 heteroatoms. The van der Waals surface area contributed by atoms with Gasteiger partial charge in [0.1, 0.15) is 5.75 Å². The molecule has 2 atom stereocenters. The lowest BCUT2D eigenvalue weighted by Gasteiger charge is -2.39. The van der Waals surface area contributed by atoms with Crippen molar-refractivity contribution in [1.29, 1.82) is 0 Å². The first-order valence-electron chi connectivity index (χ1n) is 7.82. The fourth-order valence-electron chi connectivity index (χ4n) is 3.44. The number of hydrogen-bond acceptors (Lipinski definition) is 3. The van der Waals surface area contributed by atoms with Crippen LogP contribution in [0, 0.1) is 0 Å². The molecular weight excluding hydrogens is 252 g/mol. The zero-order valence-electron chi connectivity index (χ0n) is 12.2. The smallest absolute Gasteiger partial charge is 0.128 e. The maximum absolute atomic E-state index is 11.1. The molecule has 1 saturated heterocycles. The SMILES string of the molecule is CCCC1CC(O)(c2cccc3c2OCCC3)CCO1. The Labute approximate surface area is 120 Å². The van der Waals surface area contributed by atoms with Crippen molar-refractivity contribution in [2.45, 2.75) is 57.2 Å². The van der Waals surface area contributed by atoms with Gasteiger partial charge in [0, 0.05) is 18.4 Å². The zero-order valence-corrected chi connectivity index (χ0v) is 12.2. The first kappa shape index (κ1) is 13.9. The van der Waals surface area contributed by atoms with E-state index in [2.05, 4.69) is 13.0 Å². The van der Waals surface area contributed by atoms with Gasteiger partial charge >= 0.3 is 0 Å². The number of para-hydroxylation sites is 1. The molecule has 3 nitrogen and oxygen atoms in total. The number of aryl methyl sites for hydroxylation is 1. The predicted molar refractivity (Wildman–Crippen MR) is 78.0 cm³/mol. The summed E-state index contributed by atoms with van der Waals surface area (Å²) in [5.74, 6) is 0.929. The van der Waals surface area contributed by atoms with Crippen molar-refractivity contribution in [2.75, 3.05) is 13.2 Å². The van der Waals surface area contributed by atoms with Crippen LogP contribution in [0.2, 0.25) is 0 Å². The first-order valence-corrected chi connectivity index (χ1v) is 7.82. The summed E-state index contributed by atoms with van der Waals surface area (Å²) in [6, 6.07) is 6.19. The van der Waals surface area contributed by atoms with Crippen molar-refractivity contribution >= 4 is 0 Å². The molecule has 0 radical (unpaired) electrons. The van der Waals surface area contributed by atoms with Crippen molar-refractivity contribution in [2.24, 2.45) is 0 Å². The summed E-state index contributed by atoms with van der Waals surface area (Å²) in [5, 5.41) is 11.1. The summed E-state index contributed by atoms with van der Waals surface area (Å²) >= 11 is 0. The number of fused-ring (bicyclic) bond motifs is 1. The van der Waals surface area contributed by atoms with Gasteiger partial charge in [-0.25, -0.2) is 0 Å². The Balaban J connectivity index is 1.91. The highest BCUT2D eigenvalue weighted by Crippen LogP contribution is 2.42. The average molecular weight is 276 g/mol. The molecule has 3 rings (SSSR count). The maximum Gasteiger partial charge on any atom is 0.128 e. The fourth-order valence-corrected chi connectivity index (χ4v) is 3.44. The third kappa shape index (κ3) is 2.57. The lowest BCUT2D eigenvalue weighted by atomic mass is 9.81. The second-order valence-corrected chi connectivity index (χ2v) is 6.01. The predicted octanol–water partition coefficient (Wildman–Crippen LogP) is 3.18. The molecule has 0 aromatic heterocycles. The van der Waals surface area contributed by atoms with Gasteiger partial charge in [0.15, 0.2) is 0 Å². The third-order valence-electron chi connectivity index (χ3n) is 4.48. The molecule has 1 aromatic rings. The van der Waals surface area contributed by atoms with E-state index in [1.165, 1.54) is 5.56 Å². The van der Waals surface area contributed by atoms with Gasteiger partial charge < -0.3 is 14.6 Å². The molecule has 0 aliphatic carbocycles. The van der Waals surface area contributed by atoms with E-state index in [1.807, 2.05) is 12.1 Å². The number of hydrogen-bond donors (Lipinski definition) is 1. The molecule has 1 fully saturated rings. The van der Waals surface area contributed by atoms with E-state index in [0.717, 1.165) is 43.6 Å². The topological polar surface area (TPSA) is 38.7 Å². The van der Waals surface area contributed by atoms with E-state index in [4.69, 9.17) is 9.47 Å². The van der Waals surface area contributed by atoms with Crippen molar-refractivity contribution in [3.63, 3.8) is 0 Å². The van der Waals surface area contributed by atoms with Crippen LogP contribution in [0.1, 0.15) is 50.2 Å². The second-order valence-electron chi connectivity index (χ2n) is 6.01. The molecule has 1 aromatic carbocycles. The molecule has 2 heterocycles. The first-order chi connectivity index (χ1) is 9.73. The maximum atomic E-state index is 11.1. The monoisotopic (exact) mass is 276 g/mol. The average Bonchev–Trinajstić information content (AvgIpc) is 2.47. The number of rotatable bonds is 3. The van der Waals surface area contributed by atoms with Gasteiger partial charge in [-0.15, -0.1) is 0 Å². The highest BCUT2D eigenvalue weighted by molar-refractivity contribution is 5.46. The van der Waals surface area contributed by atoms with E-state index in [-0.39, 0.29) is 6.10 Å². The van der Waals surface area contributed by atoms with E-state index in [9.17, 15) is 5.11 Å². The molecule has 0 amide bonds. The fraction of sp³-hybridized carbons (Fsp3) is 0.647. The Morgan fingerprint density at radius 2 is 2.25 bits per heavy atom. The van der Waals surface area contributed by atoms with Crippen LogP contribution in [0.25, 0.3) is 0 Å².